The molecule has 0 unspecified atom stereocenters. The summed E-state index contributed by atoms with van der Waals surface area (Å²) in [5, 5.41) is 7.45. The number of benzene rings is 2. The van der Waals surface area contributed by atoms with E-state index in [0.29, 0.717) is 35.0 Å². The van der Waals surface area contributed by atoms with Crippen LogP contribution in [0.4, 0.5) is 10.1 Å². The van der Waals surface area contributed by atoms with E-state index in [9.17, 15) is 9.18 Å². The van der Waals surface area contributed by atoms with E-state index in [-0.39, 0.29) is 10.9 Å². The van der Waals surface area contributed by atoms with Crippen molar-refractivity contribution in [2.75, 3.05) is 5.32 Å². The summed E-state index contributed by atoms with van der Waals surface area (Å²) in [5.41, 5.74) is 1.12. The van der Waals surface area contributed by atoms with Gasteiger partial charge in [0.15, 0.2) is 5.76 Å². The van der Waals surface area contributed by atoms with Gasteiger partial charge in [0.2, 0.25) is 5.91 Å². The molecule has 1 aliphatic rings. The second-order valence-corrected chi connectivity index (χ2v) is 7.09. The van der Waals surface area contributed by atoms with Crippen molar-refractivity contribution in [2.24, 2.45) is 0 Å². The Morgan fingerprint density at radius 3 is 2.50 bits per heavy atom. The molecule has 0 radical (unpaired) electrons. The van der Waals surface area contributed by atoms with E-state index in [1.165, 1.54) is 18.2 Å². The van der Waals surface area contributed by atoms with E-state index < -0.39 is 11.2 Å². The molecule has 0 spiro atoms. The van der Waals surface area contributed by atoms with Crippen molar-refractivity contribution < 1.29 is 13.7 Å². The molecule has 1 aliphatic carbocycles. The molecule has 4 nitrogen and oxygen atoms in total. The van der Waals surface area contributed by atoms with Crippen LogP contribution in [0.5, 0.6) is 0 Å². The highest BCUT2D eigenvalue weighted by Crippen LogP contribution is 2.49. The Morgan fingerprint density at radius 2 is 1.85 bits per heavy atom. The van der Waals surface area contributed by atoms with Gasteiger partial charge in [-0.1, -0.05) is 28.4 Å². The molecular weight excluding hydrogens is 378 g/mol. The first-order valence-corrected chi connectivity index (χ1v) is 8.73. The highest BCUT2D eigenvalue weighted by Gasteiger charge is 2.53. The number of nitrogens with one attached hydrogen (secondary N) is 1. The van der Waals surface area contributed by atoms with Crippen molar-refractivity contribution in [3.05, 3.63) is 70.1 Å². The number of aromatic nitrogens is 1. The van der Waals surface area contributed by atoms with Gasteiger partial charge in [-0.25, -0.2) is 4.39 Å². The molecule has 1 heterocycles. The zero-order valence-electron chi connectivity index (χ0n) is 13.4. The maximum absolute atomic E-state index is 13.3. The molecule has 26 heavy (non-hydrogen) atoms. The number of hydrogen-bond donors (Lipinski definition) is 1. The molecule has 1 fully saturated rings. The van der Waals surface area contributed by atoms with Crippen LogP contribution in [0, 0.1) is 5.82 Å². The first-order valence-electron chi connectivity index (χ1n) is 7.98. The number of carbonyl (C=O) groups is 1. The van der Waals surface area contributed by atoms with Gasteiger partial charge in [-0.2, -0.15) is 0 Å². The largest absolute Gasteiger partial charge is 0.356 e. The average molecular weight is 391 g/mol. The summed E-state index contributed by atoms with van der Waals surface area (Å²) in [6.07, 6.45) is 1.33. The highest BCUT2D eigenvalue weighted by atomic mass is 35.5. The molecule has 0 aliphatic heterocycles. The minimum atomic E-state index is -0.727. The Hall–Kier alpha value is -2.37. The standard InChI is InChI=1S/C19H13Cl2FN2O2/c20-12-3-1-11(2-4-12)16-10-17(24-26-16)19(7-8-19)18(25)23-13-5-6-15(22)14(21)9-13/h1-6,9-10H,7-8H2,(H,23,25). The zero-order valence-corrected chi connectivity index (χ0v) is 14.9. The normalized spacial score (nSPS) is 14.9. The van der Waals surface area contributed by atoms with E-state index in [2.05, 4.69) is 10.5 Å². The molecule has 1 aromatic heterocycles. The van der Waals surface area contributed by atoms with E-state index in [1.54, 1.807) is 18.2 Å². The van der Waals surface area contributed by atoms with Gasteiger partial charge < -0.3 is 9.84 Å². The van der Waals surface area contributed by atoms with Crippen LogP contribution in [0.2, 0.25) is 10.0 Å². The van der Waals surface area contributed by atoms with Crippen LogP contribution in [-0.2, 0) is 10.2 Å². The highest BCUT2D eigenvalue weighted by molar-refractivity contribution is 6.31. The molecule has 0 saturated heterocycles. The van der Waals surface area contributed by atoms with Crippen molar-refractivity contribution in [1.29, 1.82) is 0 Å². The van der Waals surface area contributed by atoms with Gasteiger partial charge in [0.25, 0.3) is 0 Å². The van der Waals surface area contributed by atoms with E-state index >= 15 is 0 Å². The third-order valence-electron chi connectivity index (χ3n) is 4.49. The summed E-state index contributed by atoms with van der Waals surface area (Å²) in [6.45, 7) is 0. The Morgan fingerprint density at radius 1 is 1.12 bits per heavy atom. The van der Waals surface area contributed by atoms with Gasteiger partial charge in [-0.15, -0.1) is 0 Å². The van der Waals surface area contributed by atoms with Gasteiger partial charge in [-0.05, 0) is 55.3 Å². The van der Waals surface area contributed by atoms with Crippen molar-refractivity contribution in [1.82, 2.24) is 5.16 Å². The van der Waals surface area contributed by atoms with Gasteiger partial charge in [0.1, 0.15) is 5.82 Å². The number of rotatable bonds is 4. The summed E-state index contributed by atoms with van der Waals surface area (Å²) in [7, 11) is 0. The molecule has 132 valence electrons. The monoisotopic (exact) mass is 390 g/mol. The summed E-state index contributed by atoms with van der Waals surface area (Å²) in [4.78, 5) is 12.7. The first-order chi connectivity index (χ1) is 12.5. The minimum Gasteiger partial charge on any atom is -0.356 e. The van der Waals surface area contributed by atoms with Gasteiger partial charge in [-0.3, -0.25) is 4.79 Å². The summed E-state index contributed by atoms with van der Waals surface area (Å²) in [6, 6.07) is 13.0. The molecule has 0 bridgehead atoms. The van der Waals surface area contributed by atoms with Crippen LogP contribution >= 0.6 is 23.2 Å². The predicted octanol–water partition coefficient (Wildman–Crippen LogP) is 5.46. The Bertz CT molecular complexity index is 981. The van der Waals surface area contributed by atoms with Crippen molar-refractivity contribution in [3.8, 4) is 11.3 Å². The lowest BCUT2D eigenvalue weighted by Crippen LogP contribution is -2.28. The molecule has 1 N–H and O–H groups in total. The molecule has 7 heteroatoms. The second-order valence-electron chi connectivity index (χ2n) is 6.25. The van der Waals surface area contributed by atoms with Gasteiger partial charge >= 0.3 is 0 Å². The SMILES string of the molecule is O=C(Nc1ccc(F)c(Cl)c1)C1(c2cc(-c3ccc(Cl)cc3)on2)CC1. The topological polar surface area (TPSA) is 55.1 Å². The van der Waals surface area contributed by atoms with Crippen LogP contribution in [-0.4, -0.2) is 11.1 Å². The lowest BCUT2D eigenvalue weighted by molar-refractivity contribution is -0.118. The van der Waals surface area contributed by atoms with Crippen molar-refractivity contribution >= 4 is 34.8 Å². The molecule has 3 aromatic rings. The van der Waals surface area contributed by atoms with E-state index in [0.717, 1.165) is 5.56 Å². The van der Waals surface area contributed by atoms with E-state index in [1.807, 2.05) is 12.1 Å². The number of carbonyl (C=O) groups excluding carboxylic acids is 1. The molecule has 0 atom stereocenters. The summed E-state index contributed by atoms with van der Waals surface area (Å²) >= 11 is 11.7. The van der Waals surface area contributed by atoms with Crippen LogP contribution in [0.15, 0.2) is 53.1 Å². The fourth-order valence-corrected chi connectivity index (χ4v) is 3.11. The maximum Gasteiger partial charge on any atom is 0.236 e. The molecule has 2 aromatic carbocycles. The summed E-state index contributed by atoms with van der Waals surface area (Å²) < 4.78 is 18.7. The van der Waals surface area contributed by atoms with Crippen LogP contribution in [0.3, 0.4) is 0 Å². The van der Waals surface area contributed by atoms with Gasteiger partial charge in [0, 0.05) is 22.3 Å². The number of anilines is 1. The number of halogens is 3. The Labute approximate surface area is 158 Å². The Kier molecular flexibility index (Phi) is 4.21. The smallest absolute Gasteiger partial charge is 0.236 e. The average Bonchev–Trinajstić information content (AvgIpc) is 3.29. The van der Waals surface area contributed by atoms with Crippen molar-refractivity contribution in [2.45, 2.75) is 18.3 Å². The number of hydrogen-bond acceptors (Lipinski definition) is 3. The lowest BCUT2D eigenvalue weighted by Gasteiger charge is -2.12. The molecular formula is C19H13Cl2FN2O2. The Balaban J connectivity index is 1.56. The third kappa shape index (κ3) is 3.08. The van der Waals surface area contributed by atoms with Gasteiger partial charge in [0.05, 0.1) is 16.1 Å². The number of nitrogens with zero attached hydrogens (tertiary/aromatic N) is 1. The van der Waals surface area contributed by atoms with E-state index in [4.69, 9.17) is 27.7 Å². The van der Waals surface area contributed by atoms with Crippen molar-refractivity contribution in [3.63, 3.8) is 0 Å². The maximum atomic E-state index is 13.3. The fraction of sp³-hybridized carbons (Fsp3) is 0.158. The minimum absolute atomic E-state index is 0.0425. The zero-order chi connectivity index (χ0) is 18.3. The summed E-state index contributed by atoms with van der Waals surface area (Å²) in [5.74, 6) is -0.174. The predicted molar refractivity (Wildman–Crippen MR) is 97.9 cm³/mol. The van der Waals surface area contributed by atoms with Crippen LogP contribution in [0.1, 0.15) is 18.5 Å². The quantitative estimate of drug-likeness (QED) is 0.643. The van der Waals surface area contributed by atoms with Crippen LogP contribution < -0.4 is 5.32 Å². The second kappa shape index (κ2) is 6.41. The lowest BCUT2D eigenvalue weighted by atomic mass is 10.00. The fourth-order valence-electron chi connectivity index (χ4n) is 2.80. The third-order valence-corrected chi connectivity index (χ3v) is 5.03. The number of amides is 1. The first kappa shape index (κ1) is 17.1. The van der Waals surface area contributed by atoms with Crippen LogP contribution in [0.25, 0.3) is 11.3 Å². The molecule has 1 saturated carbocycles. The molecule has 4 rings (SSSR count). The molecule has 1 amide bonds.